The lowest BCUT2D eigenvalue weighted by Gasteiger charge is -2.22. The molecule has 0 radical (unpaired) electrons. The number of likely N-dealkylation sites (N-methyl/N-ethyl adjacent to an activating group) is 1. The second-order valence-electron chi connectivity index (χ2n) is 7.43. The van der Waals surface area contributed by atoms with E-state index in [9.17, 15) is 9.90 Å². The summed E-state index contributed by atoms with van der Waals surface area (Å²) in [5.41, 5.74) is 1.90. The second-order valence-corrected chi connectivity index (χ2v) is 8.35. The average molecular weight is 420 g/mol. The number of nitrogens with zero attached hydrogens (tertiary/aromatic N) is 1. The van der Waals surface area contributed by atoms with Crippen molar-refractivity contribution < 1.29 is 14.6 Å². The minimum absolute atomic E-state index is 0.0914. The Morgan fingerprint density at radius 3 is 2.23 bits per heavy atom. The van der Waals surface area contributed by atoms with Gasteiger partial charge in [-0.15, -0.1) is 0 Å². The van der Waals surface area contributed by atoms with E-state index in [-0.39, 0.29) is 24.5 Å². The number of halogens is 1. The van der Waals surface area contributed by atoms with E-state index in [2.05, 4.69) is 36.7 Å². The fourth-order valence-corrected chi connectivity index (χ4v) is 2.77. The molecule has 2 aromatic rings. The molecule has 1 atom stereocenters. The highest BCUT2D eigenvalue weighted by Gasteiger charge is 2.17. The number of ether oxygens (including phenoxy) is 1. The summed E-state index contributed by atoms with van der Waals surface area (Å²) < 4.78 is 6.56. The molecule has 0 unspecified atom stereocenters. The van der Waals surface area contributed by atoms with Crippen LogP contribution >= 0.6 is 15.9 Å². The summed E-state index contributed by atoms with van der Waals surface area (Å²) in [6, 6.07) is 15.0. The first-order valence-electron chi connectivity index (χ1n) is 8.59. The third-order valence-electron chi connectivity index (χ3n) is 4.09. The molecule has 0 aliphatic carbocycles. The monoisotopic (exact) mass is 419 g/mol. The van der Waals surface area contributed by atoms with Gasteiger partial charge in [0.15, 0.2) is 0 Å². The molecule has 0 aromatic heterocycles. The lowest BCUT2D eigenvalue weighted by molar-refractivity contribution is 0.0563. The molecule has 0 aliphatic rings. The van der Waals surface area contributed by atoms with Gasteiger partial charge in [-0.25, -0.2) is 0 Å². The Morgan fingerprint density at radius 1 is 1.12 bits per heavy atom. The number of rotatable bonds is 6. The Hall–Kier alpha value is -1.85. The van der Waals surface area contributed by atoms with Crippen molar-refractivity contribution in [2.45, 2.75) is 32.3 Å². The van der Waals surface area contributed by atoms with E-state index in [1.54, 1.807) is 19.2 Å². The van der Waals surface area contributed by atoms with E-state index in [1.165, 1.54) is 10.5 Å². The molecular weight excluding hydrogens is 394 g/mol. The molecule has 0 bridgehead atoms. The fourth-order valence-electron chi connectivity index (χ4n) is 2.51. The summed E-state index contributed by atoms with van der Waals surface area (Å²) >= 11 is 3.35. The largest absolute Gasteiger partial charge is 0.491 e. The van der Waals surface area contributed by atoms with Crippen molar-refractivity contribution in [3.63, 3.8) is 0 Å². The lowest BCUT2D eigenvalue weighted by Crippen LogP contribution is -2.37. The maximum atomic E-state index is 12.4. The van der Waals surface area contributed by atoms with Gasteiger partial charge in [-0.05, 0) is 47.4 Å². The number of carbonyl (C=O) groups excluding carboxylic acids is 1. The minimum atomic E-state index is -0.762. The van der Waals surface area contributed by atoms with Gasteiger partial charge in [-0.3, -0.25) is 4.79 Å². The SMILES string of the molecule is CN(C[C@@H](O)COc1ccc(C(C)(C)C)cc1)C(=O)c1ccc(Br)cc1. The van der Waals surface area contributed by atoms with Gasteiger partial charge >= 0.3 is 0 Å². The molecule has 0 fully saturated rings. The minimum Gasteiger partial charge on any atom is -0.491 e. The zero-order valence-corrected chi connectivity index (χ0v) is 17.3. The number of aliphatic hydroxyl groups excluding tert-OH is 1. The summed E-state index contributed by atoms with van der Waals surface area (Å²) in [5.74, 6) is 0.574. The van der Waals surface area contributed by atoms with E-state index < -0.39 is 6.10 Å². The molecule has 0 saturated heterocycles. The van der Waals surface area contributed by atoms with E-state index >= 15 is 0 Å². The first-order chi connectivity index (χ1) is 12.2. The quantitative estimate of drug-likeness (QED) is 0.760. The molecule has 1 N–H and O–H groups in total. The number of amides is 1. The summed E-state index contributed by atoms with van der Waals surface area (Å²) in [7, 11) is 1.67. The summed E-state index contributed by atoms with van der Waals surface area (Å²) in [4.78, 5) is 13.9. The van der Waals surface area contributed by atoms with Gasteiger partial charge in [0, 0.05) is 23.6 Å². The van der Waals surface area contributed by atoms with Crippen LogP contribution < -0.4 is 4.74 Å². The third-order valence-corrected chi connectivity index (χ3v) is 4.61. The van der Waals surface area contributed by atoms with Crippen molar-refractivity contribution >= 4 is 21.8 Å². The highest BCUT2D eigenvalue weighted by molar-refractivity contribution is 9.10. The predicted molar refractivity (Wildman–Crippen MR) is 108 cm³/mol. The number of hydrogen-bond donors (Lipinski definition) is 1. The van der Waals surface area contributed by atoms with Crippen molar-refractivity contribution in [2.75, 3.05) is 20.2 Å². The molecule has 0 aliphatic heterocycles. The van der Waals surface area contributed by atoms with Gasteiger partial charge in [0.05, 0.1) is 0 Å². The van der Waals surface area contributed by atoms with Gasteiger partial charge in [0.2, 0.25) is 0 Å². The summed E-state index contributed by atoms with van der Waals surface area (Å²) in [5, 5.41) is 10.2. The maximum Gasteiger partial charge on any atom is 0.253 e. The lowest BCUT2D eigenvalue weighted by atomic mass is 9.87. The van der Waals surface area contributed by atoms with Crippen LogP contribution in [0.3, 0.4) is 0 Å². The maximum absolute atomic E-state index is 12.4. The molecule has 26 heavy (non-hydrogen) atoms. The van der Waals surface area contributed by atoms with Crippen molar-refractivity contribution in [2.24, 2.45) is 0 Å². The topological polar surface area (TPSA) is 49.8 Å². The van der Waals surface area contributed by atoms with E-state index in [4.69, 9.17) is 4.74 Å². The Labute approximate surface area is 163 Å². The Bertz CT molecular complexity index is 720. The number of benzene rings is 2. The zero-order valence-electron chi connectivity index (χ0n) is 15.7. The first kappa shape index (κ1) is 20.5. The Balaban J connectivity index is 1.85. The molecule has 140 valence electrons. The summed E-state index contributed by atoms with van der Waals surface area (Å²) in [6.45, 7) is 6.81. The van der Waals surface area contributed by atoms with Crippen LogP contribution in [0.15, 0.2) is 53.0 Å². The molecule has 0 heterocycles. The molecular formula is C21H26BrNO3. The van der Waals surface area contributed by atoms with Crippen molar-refractivity contribution in [1.82, 2.24) is 4.90 Å². The molecule has 0 spiro atoms. The zero-order chi connectivity index (χ0) is 19.3. The van der Waals surface area contributed by atoms with Crippen LogP contribution in [0.25, 0.3) is 0 Å². The van der Waals surface area contributed by atoms with Crippen molar-refractivity contribution in [3.8, 4) is 5.75 Å². The first-order valence-corrected chi connectivity index (χ1v) is 9.38. The second kappa shape index (κ2) is 8.69. The number of aliphatic hydroxyl groups is 1. The van der Waals surface area contributed by atoms with Crippen LogP contribution in [0.1, 0.15) is 36.7 Å². The summed E-state index contributed by atoms with van der Waals surface area (Å²) in [6.07, 6.45) is -0.762. The Kier molecular flexibility index (Phi) is 6.84. The van der Waals surface area contributed by atoms with Crippen LogP contribution in [0.4, 0.5) is 0 Å². The molecule has 2 aromatic carbocycles. The number of carbonyl (C=O) groups is 1. The van der Waals surface area contributed by atoms with E-state index in [1.807, 2.05) is 36.4 Å². The van der Waals surface area contributed by atoms with Crippen LogP contribution in [0.5, 0.6) is 5.75 Å². The van der Waals surface area contributed by atoms with Gasteiger partial charge in [0.1, 0.15) is 18.5 Å². The third kappa shape index (κ3) is 5.85. The van der Waals surface area contributed by atoms with Gasteiger partial charge in [-0.1, -0.05) is 48.8 Å². The molecule has 4 nitrogen and oxygen atoms in total. The smallest absolute Gasteiger partial charge is 0.253 e. The standard InChI is InChI=1S/C21H26BrNO3/c1-21(2,3)16-7-11-19(12-8-16)26-14-18(24)13-23(4)20(25)15-5-9-17(22)10-6-15/h5-12,18,24H,13-14H2,1-4H3/t18-/m1/s1. The van der Waals surface area contributed by atoms with E-state index in [0.29, 0.717) is 11.3 Å². The Morgan fingerprint density at radius 2 is 1.69 bits per heavy atom. The normalized spacial score (nSPS) is 12.5. The molecule has 5 heteroatoms. The van der Waals surface area contributed by atoms with Crippen molar-refractivity contribution in [1.29, 1.82) is 0 Å². The van der Waals surface area contributed by atoms with Crippen molar-refractivity contribution in [3.05, 3.63) is 64.1 Å². The van der Waals surface area contributed by atoms with Crippen LogP contribution in [0.2, 0.25) is 0 Å². The molecule has 2 rings (SSSR count). The molecule has 1 amide bonds. The highest BCUT2D eigenvalue weighted by Crippen LogP contribution is 2.24. The molecule has 0 saturated carbocycles. The van der Waals surface area contributed by atoms with Gasteiger partial charge in [-0.2, -0.15) is 0 Å². The van der Waals surface area contributed by atoms with Crippen LogP contribution in [-0.4, -0.2) is 42.2 Å². The predicted octanol–water partition coefficient (Wildman–Crippen LogP) is 4.26. The van der Waals surface area contributed by atoms with Gasteiger partial charge < -0.3 is 14.7 Å². The fraction of sp³-hybridized carbons (Fsp3) is 0.381. The van der Waals surface area contributed by atoms with Gasteiger partial charge in [0.25, 0.3) is 5.91 Å². The van der Waals surface area contributed by atoms with E-state index in [0.717, 1.165) is 4.47 Å². The number of hydrogen-bond acceptors (Lipinski definition) is 3. The van der Waals surface area contributed by atoms with Crippen LogP contribution in [-0.2, 0) is 5.41 Å². The van der Waals surface area contributed by atoms with Crippen LogP contribution in [0, 0.1) is 0 Å². The average Bonchev–Trinajstić information content (AvgIpc) is 2.59. The highest BCUT2D eigenvalue weighted by atomic mass is 79.9.